The molecule has 48 heavy (non-hydrogen) atoms. The second-order valence-corrected chi connectivity index (χ2v) is 11.8. The van der Waals surface area contributed by atoms with Crippen molar-refractivity contribution in [2.45, 2.75) is 11.6 Å². The number of hydrogen-bond donors (Lipinski definition) is 2. The van der Waals surface area contributed by atoms with E-state index in [9.17, 15) is 9.90 Å². The smallest absolute Gasteiger partial charge is 0.256 e. The number of aromatic nitrogens is 4. The molecule has 0 spiro atoms. The molecule has 0 aliphatic heterocycles. The van der Waals surface area contributed by atoms with E-state index in [4.69, 9.17) is 9.47 Å². The molecule has 1 aliphatic carbocycles. The van der Waals surface area contributed by atoms with Crippen LogP contribution in [-0.2, 0) is 10.3 Å². The standard InChI is InChI=1S/C39H35N5O4/c1-26-33(23-48-39(28-14-8-4-9-15-28,29-16-10-5-11-17-29)30-18-20-31(47-2)21-19-30)32(22-45)35(26)44-25-42-34-36(40-24-41-37(34)44)43-38(46)27-12-6-3-7-13-27/h3-21,24-25,32-33,35,45H,1,22-23H2,2H3,(H,40,41,43,46)/t32-,33+,35-/m1/s1. The number of fused-ring (bicyclic) bond motifs is 1. The number of aliphatic hydroxyl groups excluding tert-OH is 1. The molecule has 4 aromatic carbocycles. The molecule has 1 aliphatic rings. The van der Waals surface area contributed by atoms with Gasteiger partial charge in [-0.2, -0.15) is 0 Å². The summed E-state index contributed by atoms with van der Waals surface area (Å²) in [5, 5.41) is 13.6. The van der Waals surface area contributed by atoms with Crippen molar-refractivity contribution in [2.24, 2.45) is 11.8 Å². The van der Waals surface area contributed by atoms with Crippen molar-refractivity contribution >= 4 is 22.9 Å². The normalized spacial score (nSPS) is 17.5. The van der Waals surface area contributed by atoms with Gasteiger partial charge in [0.05, 0.1) is 26.1 Å². The van der Waals surface area contributed by atoms with Gasteiger partial charge in [-0.3, -0.25) is 4.79 Å². The number of aliphatic hydroxyl groups is 1. The van der Waals surface area contributed by atoms with E-state index < -0.39 is 5.60 Å². The van der Waals surface area contributed by atoms with E-state index >= 15 is 0 Å². The highest BCUT2D eigenvalue weighted by molar-refractivity contribution is 6.06. The Morgan fingerprint density at radius 1 is 0.854 bits per heavy atom. The molecule has 2 heterocycles. The molecule has 2 aromatic heterocycles. The summed E-state index contributed by atoms with van der Waals surface area (Å²) in [6.45, 7) is 4.68. The van der Waals surface area contributed by atoms with E-state index in [1.54, 1.807) is 37.7 Å². The van der Waals surface area contributed by atoms with Crippen LogP contribution >= 0.6 is 0 Å². The van der Waals surface area contributed by atoms with Crippen LogP contribution in [0.5, 0.6) is 5.75 Å². The van der Waals surface area contributed by atoms with E-state index in [1.165, 1.54) is 6.33 Å². The summed E-state index contributed by atoms with van der Waals surface area (Å²) in [6.07, 6.45) is 3.07. The molecule has 0 radical (unpaired) electrons. The minimum Gasteiger partial charge on any atom is -0.497 e. The quantitative estimate of drug-likeness (QED) is 0.124. The van der Waals surface area contributed by atoms with Gasteiger partial charge in [0.2, 0.25) is 0 Å². The first kappa shape index (κ1) is 31.0. The topological polar surface area (TPSA) is 111 Å². The lowest BCUT2D eigenvalue weighted by Crippen LogP contribution is -2.47. The van der Waals surface area contributed by atoms with Crippen LogP contribution in [0, 0.1) is 11.8 Å². The summed E-state index contributed by atoms with van der Waals surface area (Å²) in [5.41, 5.74) is 4.36. The second kappa shape index (κ2) is 13.2. The van der Waals surface area contributed by atoms with Gasteiger partial charge >= 0.3 is 0 Å². The first-order valence-corrected chi connectivity index (χ1v) is 15.8. The third kappa shape index (κ3) is 5.42. The van der Waals surface area contributed by atoms with Gasteiger partial charge < -0.3 is 24.5 Å². The molecule has 2 N–H and O–H groups in total. The number of benzene rings is 4. The first-order chi connectivity index (χ1) is 23.5. The monoisotopic (exact) mass is 637 g/mol. The third-order valence-electron chi connectivity index (χ3n) is 9.25. The van der Waals surface area contributed by atoms with Crippen molar-refractivity contribution < 1.29 is 19.4 Å². The van der Waals surface area contributed by atoms with E-state index in [-0.39, 0.29) is 30.4 Å². The zero-order valence-electron chi connectivity index (χ0n) is 26.4. The molecule has 3 atom stereocenters. The fraction of sp³-hybridized carbons (Fsp3) is 0.179. The maximum Gasteiger partial charge on any atom is 0.256 e. The minimum atomic E-state index is -0.943. The van der Waals surface area contributed by atoms with Crippen LogP contribution in [-0.4, -0.2) is 50.9 Å². The van der Waals surface area contributed by atoms with Gasteiger partial charge in [-0.15, -0.1) is 0 Å². The molecular weight excluding hydrogens is 602 g/mol. The average molecular weight is 638 g/mol. The summed E-state index contributed by atoms with van der Waals surface area (Å²) in [6, 6.07) is 36.9. The van der Waals surface area contributed by atoms with Gasteiger partial charge in [0.15, 0.2) is 17.0 Å². The predicted octanol–water partition coefficient (Wildman–Crippen LogP) is 6.43. The number of anilines is 1. The van der Waals surface area contributed by atoms with Crippen LogP contribution in [0.2, 0.25) is 0 Å². The molecule has 6 aromatic rings. The number of imidazole rings is 1. The molecule has 1 amide bonds. The van der Waals surface area contributed by atoms with Crippen molar-refractivity contribution in [3.8, 4) is 5.75 Å². The first-order valence-electron chi connectivity index (χ1n) is 15.8. The SMILES string of the molecule is C=C1[C@@H](n2cnc3c(NC(=O)c4ccccc4)ncnc32)[C@H](CO)[C@H]1COC(c1ccccc1)(c1ccccc1)c1ccc(OC)cc1. The van der Waals surface area contributed by atoms with E-state index in [1.807, 2.05) is 71.3 Å². The Balaban J connectivity index is 1.19. The number of carbonyl (C=O) groups is 1. The molecule has 9 nitrogen and oxygen atoms in total. The maximum absolute atomic E-state index is 12.9. The molecular formula is C39H35N5O4. The van der Waals surface area contributed by atoms with E-state index in [0.29, 0.717) is 29.2 Å². The fourth-order valence-electron chi connectivity index (χ4n) is 6.77. The van der Waals surface area contributed by atoms with Crippen LogP contribution in [0.4, 0.5) is 5.82 Å². The Hall–Kier alpha value is -5.64. The number of amides is 1. The van der Waals surface area contributed by atoms with E-state index in [2.05, 4.69) is 51.1 Å². The van der Waals surface area contributed by atoms with Gasteiger partial charge in [-0.25, -0.2) is 15.0 Å². The molecule has 9 heteroatoms. The minimum absolute atomic E-state index is 0.0910. The van der Waals surface area contributed by atoms with Crippen molar-refractivity contribution in [1.82, 2.24) is 19.5 Å². The van der Waals surface area contributed by atoms with Gasteiger partial charge in [-0.05, 0) is 46.5 Å². The summed E-state index contributed by atoms with van der Waals surface area (Å²) in [7, 11) is 1.65. The molecule has 7 rings (SSSR count). The van der Waals surface area contributed by atoms with Crippen molar-refractivity contribution in [3.05, 3.63) is 162 Å². The highest BCUT2D eigenvalue weighted by Crippen LogP contribution is 2.51. The molecule has 0 unspecified atom stereocenters. The Morgan fingerprint density at radius 2 is 1.46 bits per heavy atom. The van der Waals surface area contributed by atoms with E-state index in [0.717, 1.165) is 28.0 Å². The Kier molecular flexibility index (Phi) is 8.54. The van der Waals surface area contributed by atoms with Crippen LogP contribution in [0.25, 0.3) is 11.2 Å². The third-order valence-corrected chi connectivity index (χ3v) is 9.25. The highest BCUT2D eigenvalue weighted by Gasteiger charge is 2.48. The summed E-state index contributed by atoms with van der Waals surface area (Å²) >= 11 is 0. The molecule has 1 saturated carbocycles. The number of nitrogens with one attached hydrogen (secondary N) is 1. The summed E-state index contributed by atoms with van der Waals surface area (Å²) < 4.78 is 14.5. The molecule has 0 saturated heterocycles. The predicted molar refractivity (Wildman–Crippen MR) is 184 cm³/mol. The lowest BCUT2D eigenvalue weighted by Gasteiger charge is -2.48. The van der Waals surface area contributed by atoms with Crippen molar-refractivity contribution in [2.75, 3.05) is 25.6 Å². The fourth-order valence-corrected chi connectivity index (χ4v) is 6.77. The Morgan fingerprint density at radius 3 is 2.06 bits per heavy atom. The number of rotatable bonds is 11. The number of hydrogen-bond acceptors (Lipinski definition) is 7. The molecule has 0 bridgehead atoms. The number of carbonyl (C=O) groups excluding carboxylic acids is 1. The zero-order valence-corrected chi connectivity index (χ0v) is 26.4. The number of ether oxygens (including phenoxy) is 2. The summed E-state index contributed by atoms with van der Waals surface area (Å²) in [5.74, 6) is 0.409. The zero-order chi connectivity index (χ0) is 33.1. The summed E-state index contributed by atoms with van der Waals surface area (Å²) in [4.78, 5) is 26.3. The van der Waals surface area contributed by atoms with Gasteiger partial charge in [0.1, 0.15) is 17.7 Å². The largest absolute Gasteiger partial charge is 0.497 e. The lowest BCUT2D eigenvalue weighted by atomic mass is 9.66. The van der Waals surface area contributed by atoms with Crippen molar-refractivity contribution in [3.63, 3.8) is 0 Å². The molecule has 1 fully saturated rings. The second-order valence-electron chi connectivity index (χ2n) is 11.8. The highest BCUT2D eigenvalue weighted by atomic mass is 16.5. The van der Waals surface area contributed by atoms with Gasteiger partial charge in [0.25, 0.3) is 5.91 Å². The van der Waals surface area contributed by atoms with Gasteiger partial charge in [0, 0.05) is 24.0 Å². The number of methoxy groups -OCH3 is 1. The van der Waals surface area contributed by atoms with Crippen LogP contribution < -0.4 is 10.1 Å². The van der Waals surface area contributed by atoms with Crippen LogP contribution in [0.15, 0.2) is 140 Å². The van der Waals surface area contributed by atoms with Crippen LogP contribution in [0.1, 0.15) is 33.1 Å². The Bertz CT molecular complexity index is 1990. The van der Waals surface area contributed by atoms with Crippen LogP contribution in [0.3, 0.4) is 0 Å². The number of nitrogens with zero attached hydrogens (tertiary/aromatic N) is 4. The van der Waals surface area contributed by atoms with Crippen molar-refractivity contribution in [1.29, 1.82) is 0 Å². The molecule has 240 valence electrons. The average Bonchev–Trinajstić information content (AvgIpc) is 3.57. The van der Waals surface area contributed by atoms with Gasteiger partial charge in [-0.1, -0.05) is 97.6 Å². The maximum atomic E-state index is 12.9. The lowest BCUT2D eigenvalue weighted by molar-refractivity contribution is -0.0433. The Labute approximate surface area is 278 Å².